The van der Waals surface area contributed by atoms with Crippen molar-refractivity contribution in [1.82, 2.24) is 4.90 Å². The number of nitrogens with zero attached hydrogens (tertiary/aromatic N) is 1. The van der Waals surface area contributed by atoms with Gasteiger partial charge < -0.3 is 0 Å². The van der Waals surface area contributed by atoms with E-state index in [1.807, 2.05) is 13.0 Å². The van der Waals surface area contributed by atoms with Gasteiger partial charge in [0.25, 0.3) is 0 Å². The molecule has 0 saturated carbocycles. The molecule has 0 radical (unpaired) electrons. The summed E-state index contributed by atoms with van der Waals surface area (Å²) >= 11 is 0. The monoisotopic (exact) mass is 249 g/mol. The smallest absolute Gasteiger partial charge is 0.127 e. The maximum Gasteiger partial charge on any atom is 0.127 e. The van der Waals surface area contributed by atoms with Crippen LogP contribution in [0.1, 0.15) is 37.8 Å². The Bertz CT molecular complexity index is 380. The third kappa shape index (κ3) is 3.11. The van der Waals surface area contributed by atoms with Gasteiger partial charge >= 0.3 is 0 Å². The van der Waals surface area contributed by atoms with Gasteiger partial charge in [0.05, 0.1) is 0 Å². The molecule has 0 N–H and O–H groups in total. The minimum Gasteiger partial charge on any atom is -0.299 e. The summed E-state index contributed by atoms with van der Waals surface area (Å²) in [6.07, 6.45) is 2.57. The SMILES string of the molecule is Cc1cccc(F)c1CN1CCCC(C(C)C)C1. The van der Waals surface area contributed by atoms with E-state index in [0.717, 1.165) is 42.6 Å². The Morgan fingerprint density at radius 2 is 2.17 bits per heavy atom. The van der Waals surface area contributed by atoms with Crippen LogP contribution in [-0.2, 0) is 6.54 Å². The summed E-state index contributed by atoms with van der Waals surface area (Å²) in [6.45, 7) is 9.58. The van der Waals surface area contributed by atoms with E-state index in [2.05, 4.69) is 18.7 Å². The minimum atomic E-state index is -0.0540. The molecular weight excluding hydrogens is 225 g/mol. The molecule has 0 amide bonds. The summed E-state index contributed by atoms with van der Waals surface area (Å²) in [5.74, 6) is 1.45. The number of halogens is 1. The second kappa shape index (κ2) is 5.83. The lowest BCUT2D eigenvalue weighted by atomic mass is 9.87. The second-order valence-corrected chi connectivity index (χ2v) is 5.92. The van der Waals surface area contributed by atoms with Crippen molar-refractivity contribution in [2.24, 2.45) is 11.8 Å². The molecule has 2 rings (SSSR count). The molecule has 1 fully saturated rings. The highest BCUT2D eigenvalue weighted by Gasteiger charge is 2.23. The quantitative estimate of drug-likeness (QED) is 0.782. The predicted molar refractivity (Wildman–Crippen MR) is 74.0 cm³/mol. The number of benzene rings is 1. The van der Waals surface area contributed by atoms with E-state index >= 15 is 0 Å². The Balaban J connectivity index is 2.05. The van der Waals surface area contributed by atoms with Crippen molar-refractivity contribution >= 4 is 0 Å². The summed E-state index contributed by atoms with van der Waals surface area (Å²) in [5.41, 5.74) is 1.95. The molecule has 1 aromatic rings. The van der Waals surface area contributed by atoms with E-state index < -0.39 is 0 Å². The lowest BCUT2D eigenvalue weighted by Gasteiger charge is -2.35. The molecule has 1 aromatic carbocycles. The Labute approximate surface area is 110 Å². The molecule has 1 heterocycles. The standard InChI is InChI=1S/C16H24FN/c1-12(2)14-7-5-9-18(10-14)11-15-13(3)6-4-8-16(15)17/h4,6,8,12,14H,5,7,9-11H2,1-3H3. The Morgan fingerprint density at radius 1 is 1.39 bits per heavy atom. The second-order valence-electron chi connectivity index (χ2n) is 5.92. The fraction of sp³-hybridized carbons (Fsp3) is 0.625. The van der Waals surface area contributed by atoms with E-state index in [1.165, 1.54) is 12.8 Å². The third-order valence-electron chi connectivity index (χ3n) is 4.22. The predicted octanol–water partition coefficient (Wildman–Crippen LogP) is 4.00. The molecule has 1 unspecified atom stereocenters. The van der Waals surface area contributed by atoms with Gasteiger partial charge in [-0.15, -0.1) is 0 Å². The van der Waals surface area contributed by atoms with Crippen molar-refractivity contribution in [2.75, 3.05) is 13.1 Å². The highest BCUT2D eigenvalue weighted by Crippen LogP contribution is 2.25. The van der Waals surface area contributed by atoms with Gasteiger partial charge in [0.1, 0.15) is 5.82 Å². The van der Waals surface area contributed by atoms with Crippen molar-refractivity contribution in [3.05, 3.63) is 35.1 Å². The summed E-state index contributed by atoms with van der Waals surface area (Å²) in [7, 11) is 0. The van der Waals surface area contributed by atoms with Crippen molar-refractivity contribution in [1.29, 1.82) is 0 Å². The molecule has 0 bridgehead atoms. The Hall–Kier alpha value is -0.890. The van der Waals surface area contributed by atoms with Crippen LogP contribution in [0, 0.1) is 24.6 Å². The average molecular weight is 249 g/mol. The topological polar surface area (TPSA) is 3.24 Å². The molecule has 100 valence electrons. The lowest BCUT2D eigenvalue weighted by Crippen LogP contribution is -2.37. The number of hydrogen-bond donors (Lipinski definition) is 0. The molecule has 1 saturated heterocycles. The molecule has 0 spiro atoms. The molecule has 1 atom stereocenters. The highest BCUT2D eigenvalue weighted by atomic mass is 19.1. The summed E-state index contributed by atoms with van der Waals surface area (Å²) in [5, 5.41) is 0. The van der Waals surface area contributed by atoms with Gasteiger partial charge in [-0.3, -0.25) is 4.90 Å². The summed E-state index contributed by atoms with van der Waals surface area (Å²) < 4.78 is 13.8. The van der Waals surface area contributed by atoms with E-state index in [9.17, 15) is 4.39 Å². The van der Waals surface area contributed by atoms with Crippen molar-refractivity contribution in [3.63, 3.8) is 0 Å². The normalized spacial score (nSPS) is 21.5. The zero-order valence-corrected chi connectivity index (χ0v) is 11.7. The van der Waals surface area contributed by atoms with Crippen LogP contribution in [0.25, 0.3) is 0 Å². The van der Waals surface area contributed by atoms with Crippen LogP contribution in [0.4, 0.5) is 4.39 Å². The molecule has 0 aromatic heterocycles. The van der Waals surface area contributed by atoms with Crippen molar-refractivity contribution in [3.8, 4) is 0 Å². The van der Waals surface area contributed by atoms with Crippen LogP contribution in [0.2, 0.25) is 0 Å². The summed E-state index contributed by atoms with van der Waals surface area (Å²) in [4.78, 5) is 2.42. The molecule has 0 aliphatic carbocycles. The first kappa shape index (κ1) is 13.5. The molecule has 1 nitrogen and oxygen atoms in total. The number of piperidine rings is 1. The minimum absolute atomic E-state index is 0.0540. The van der Waals surface area contributed by atoms with Gasteiger partial charge in [0, 0.05) is 18.7 Å². The van der Waals surface area contributed by atoms with Gasteiger partial charge in [-0.2, -0.15) is 0 Å². The average Bonchev–Trinajstić information content (AvgIpc) is 2.34. The number of aryl methyl sites for hydroxylation is 1. The first-order valence-electron chi connectivity index (χ1n) is 7.04. The van der Waals surface area contributed by atoms with Gasteiger partial charge in [-0.05, 0) is 49.8 Å². The molecule has 18 heavy (non-hydrogen) atoms. The van der Waals surface area contributed by atoms with Gasteiger partial charge in [-0.1, -0.05) is 26.0 Å². The number of rotatable bonds is 3. The van der Waals surface area contributed by atoms with Gasteiger partial charge in [0.15, 0.2) is 0 Å². The first-order valence-corrected chi connectivity index (χ1v) is 7.04. The maximum absolute atomic E-state index is 13.8. The van der Waals surface area contributed by atoms with Crippen LogP contribution >= 0.6 is 0 Å². The van der Waals surface area contributed by atoms with E-state index in [-0.39, 0.29) is 5.82 Å². The van der Waals surface area contributed by atoms with E-state index in [0.29, 0.717) is 0 Å². The lowest BCUT2D eigenvalue weighted by molar-refractivity contribution is 0.138. The zero-order valence-electron chi connectivity index (χ0n) is 11.7. The Kier molecular flexibility index (Phi) is 4.39. The number of hydrogen-bond acceptors (Lipinski definition) is 1. The summed E-state index contributed by atoms with van der Waals surface area (Å²) in [6, 6.07) is 5.37. The number of likely N-dealkylation sites (tertiary alicyclic amines) is 1. The van der Waals surface area contributed by atoms with Gasteiger partial charge in [-0.25, -0.2) is 4.39 Å². The third-order valence-corrected chi connectivity index (χ3v) is 4.22. The van der Waals surface area contributed by atoms with Crippen molar-refractivity contribution in [2.45, 2.75) is 40.2 Å². The van der Waals surface area contributed by atoms with Gasteiger partial charge in [0.2, 0.25) is 0 Å². The fourth-order valence-corrected chi connectivity index (χ4v) is 2.87. The first-order chi connectivity index (χ1) is 8.58. The van der Waals surface area contributed by atoms with Crippen LogP contribution in [0.15, 0.2) is 18.2 Å². The van der Waals surface area contributed by atoms with Crippen molar-refractivity contribution < 1.29 is 4.39 Å². The maximum atomic E-state index is 13.8. The van der Waals surface area contributed by atoms with Crippen LogP contribution in [0.5, 0.6) is 0 Å². The van der Waals surface area contributed by atoms with E-state index in [4.69, 9.17) is 0 Å². The molecular formula is C16H24FN. The fourth-order valence-electron chi connectivity index (χ4n) is 2.87. The zero-order chi connectivity index (χ0) is 13.1. The highest BCUT2D eigenvalue weighted by molar-refractivity contribution is 5.27. The largest absolute Gasteiger partial charge is 0.299 e. The molecule has 1 aliphatic rings. The molecule has 2 heteroatoms. The van der Waals surface area contributed by atoms with Crippen LogP contribution < -0.4 is 0 Å². The van der Waals surface area contributed by atoms with Crippen LogP contribution in [0.3, 0.4) is 0 Å². The Morgan fingerprint density at radius 3 is 2.83 bits per heavy atom. The molecule has 1 aliphatic heterocycles. The van der Waals surface area contributed by atoms with Crippen LogP contribution in [-0.4, -0.2) is 18.0 Å². The van der Waals surface area contributed by atoms with E-state index in [1.54, 1.807) is 12.1 Å².